The molecule has 7 heteroatoms. The maximum atomic E-state index is 12.5. The van der Waals surface area contributed by atoms with Crippen molar-refractivity contribution < 1.29 is 4.79 Å². The summed E-state index contributed by atoms with van der Waals surface area (Å²) in [6.07, 6.45) is 15.4. The molecule has 1 aliphatic carbocycles. The van der Waals surface area contributed by atoms with Crippen molar-refractivity contribution in [2.75, 3.05) is 5.32 Å². The predicted octanol–water partition coefficient (Wildman–Crippen LogP) is 4.05. The first-order chi connectivity index (χ1) is 12.2. The lowest BCUT2D eigenvalue weighted by Gasteiger charge is -2.06. The number of hydrogen-bond acceptors (Lipinski definition) is 3. The molecule has 0 unspecified atom stereocenters. The van der Waals surface area contributed by atoms with Gasteiger partial charge in [-0.1, -0.05) is 18.2 Å². The van der Waals surface area contributed by atoms with Crippen molar-refractivity contribution in [2.45, 2.75) is 19.4 Å². The molecule has 25 heavy (non-hydrogen) atoms. The van der Waals surface area contributed by atoms with E-state index in [9.17, 15) is 4.79 Å². The smallest absolute Gasteiger partial charge is 0.258 e. The van der Waals surface area contributed by atoms with E-state index in [2.05, 4.69) is 54.5 Å². The molecule has 3 aromatic heterocycles. The van der Waals surface area contributed by atoms with Crippen LogP contribution in [0.2, 0.25) is 0 Å². The predicted molar refractivity (Wildman–Crippen MR) is 100 cm³/mol. The second-order valence-electron chi connectivity index (χ2n) is 5.89. The van der Waals surface area contributed by atoms with Crippen molar-refractivity contribution in [3.8, 4) is 0 Å². The van der Waals surface area contributed by atoms with Crippen LogP contribution in [0.4, 0.5) is 5.69 Å². The highest BCUT2D eigenvalue weighted by Gasteiger charge is 2.13. The number of pyridine rings is 1. The topological polar surface area (TPSA) is 75.6 Å². The lowest BCUT2D eigenvalue weighted by Crippen LogP contribution is -2.11. The Kier molecular flexibility index (Phi) is 4.23. The summed E-state index contributed by atoms with van der Waals surface area (Å²) in [5, 5.41) is 8.06. The highest BCUT2D eigenvalue weighted by atomic mass is 79.9. The first kappa shape index (κ1) is 15.8. The Morgan fingerprint density at radius 1 is 1.36 bits per heavy atom. The second kappa shape index (κ2) is 6.68. The van der Waals surface area contributed by atoms with Crippen molar-refractivity contribution in [3.63, 3.8) is 0 Å². The van der Waals surface area contributed by atoms with Gasteiger partial charge in [0.2, 0.25) is 0 Å². The third kappa shape index (κ3) is 3.41. The second-order valence-corrected chi connectivity index (χ2v) is 6.81. The van der Waals surface area contributed by atoms with Crippen LogP contribution in [0, 0.1) is 0 Å². The lowest BCUT2D eigenvalue weighted by molar-refractivity contribution is 0.102. The first-order valence-corrected chi connectivity index (χ1v) is 8.80. The number of carbonyl (C=O) groups is 1. The highest BCUT2D eigenvalue weighted by Crippen LogP contribution is 2.25. The summed E-state index contributed by atoms with van der Waals surface area (Å²) >= 11 is 3.40. The van der Waals surface area contributed by atoms with Gasteiger partial charge in [-0.3, -0.25) is 9.48 Å². The summed E-state index contributed by atoms with van der Waals surface area (Å²) in [4.78, 5) is 19.8. The first-order valence-electron chi connectivity index (χ1n) is 8.01. The van der Waals surface area contributed by atoms with Crippen LogP contribution in [0.25, 0.3) is 11.0 Å². The van der Waals surface area contributed by atoms with Crippen LogP contribution < -0.4 is 5.32 Å². The molecular weight excluding hydrogens is 382 g/mol. The fourth-order valence-electron chi connectivity index (χ4n) is 2.82. The largest absolute Gasteiger partial charge is 0.344 e. The van der Waals surface area contributed by atoms with Gasteiger partial charge in [0.05, 0.1) is 24.0 Å². The number of allylic oxidation sites excluding steroid dienone is 4. The summed E-state index contributed by atoms with van der Waals surface area (Å²) in [6, 6.07) is 1.92. The molecule has 1 amide bonds. The molecule has 0 aromatic carbocycles. The molecule has 0 atom stereocenters. The lowest BCUT2D eigenvalue weighted by atomic mass is 10.1. The van der Waals surface area contributed by atoms with E-state index in [1.54, 1.807) is 29.5 Å². The van der Waals surface area contributed by atoms with Crippen molar-refractivity contribution in [1.29, 1.82) is 0 Å². The van der Waals surface area contributed by atoms with E-state index < -0.39 is 0 Å². The molecule has 4 rings (SSSR count). The van der Waals surface area contributed by atoms with Gasteiger partial charge in [0, 0.05) is 28.4 Å². The molecule has 0 aliphatic heterocycles. The highest BCUT2D eigenvalue weighted by molar-refractivity contribution is 9.10. The third-order valence-electron chi connectivity index (χ3n) is 4.06. The van der Waals surface area contributed by atoms with Crippen LogP contribution in [0.3, 0.4) is 0 Å². The Labute approximate surface area is 152 Å². The Morgan fingerprint density at radius 2 is 2.28 bits per heavy atom. The molecule has 0 spiro atoms. The Hall–Kier alpha value is -2.67. The van der Waals surface area contributed by atoms with Crippen molar-refractivity contribution in [3.05, 3.63) is 64.7 Å². The van der Waals surface area contributed by atoms with E-state index in [0.29, 0.717) is 17.8 Å². The standard InChI is InChI=1S/C18H16BrN5O/c19-14-6-15-16(9-21-17(15)20-8-14)23-18(25)13-7-22-24(11-13)10-12-4-2-1-3-5-12/h2,4-9,11H,1,3,10H2,(H,20,21)(H,23,25). The number of H-pyrrole nitrogens is 1. The number of halogens is 1. The van der Waals surface area contributed by atoms with Crippen LogP contribution in [0.5, 0.6) is 0 Å². The van der Waals surface area contributed by atoms with Gasteiger partial charge >= 0.3 is 0 Å². The van der Waals surface area contributed by atoms with Gasteiger partial charge in [-0.2, -0.15) is 5.10 Å². The minimum absolute atomic E-state index is 0.194. The van der Waals surface area contributed by atoms with Gasteiger partial charge in [-0.05, 0) is 40.4 Å². The molecule has 0 fully saturated rings. The van der Waals surface area contributed by atoms with Crippen LogP contribution in [-0.2, 0) is 6.54 Å². The molecule has 126 valence electrons. The van der Waals surface area contributed by atoms with Gasteiger partial charge < -0.3 is 10.3 Å². The number of carbonyl (C=O) groups excluding carboxylic acids is 1. The van der Waals surface area contributed by atoms with Crippen LogP contribution in [0.1, 0.15) is 23.2 Å². The number of nitrogens with zero attached hydrogens (tertiary/aromatic N) is 3. The van der Waals surface area contributed by atoms with Gasteiger partial charge in [0.15, 0.2) is 0 Å². The monoisotopic (exact) mass is 397 g/mol. The van der Waals surface area contributed by atoms with E-state index in [-0.39, 0.29) is 5.91 Å². The average molecular weight is 398 g/mol. The molecule has 3 aromatic rings. The van der Waals surface area contributed by atoms with E-state index in [4.69, 9.17) is 0 Å². The Morgan fingerprint density at radius 3 is 3.12 bits per heavy atom. The maximum Gasteiger partial charge on any atom is 0.258 e. The molecule has 1 aliphatic rings. The quantitative estimate of drug-likeness (QED) is 0.696. The zero-order valence-corrected chi connectivity index (χ0v) is 15.0. The minimum Gasteiger partial charge on any atom is -0.344 e. The Bertz CT molecular complexity index is 998. The fraction of sp³-hybridized carbons (Fsp3) is 0.167. The molecule has 3 heterocycles. The van der Waals surface area contributed by atoms with Crippen LogP contribution >= 0.6 is 15.9 Å². The number of aromatic nitrogens is 4. The Balaban J connectivity index is 1.50. The van der Waals surface area contributed by atoms with Crippen LogP contribution in [0.15, 0.2) is 59.1 Å². The van der Waals surface area contributed by atoms with Gasteiger partial charge in [0.1, 0.15) is 5.65 Å². The third-order valence-corrected chi connectivity index (χ3v) is 4.49. The zero-order valence-electron chi connectivity index (χ0n) is 13.4. The van der Waals surface area contributed by atoms with Crippen molar-refractivity contribution in [2.24, 2.45) is 0 Å². The fourth-order valence-corrected chi connectivity index (χ4v) is 3.15. The van der Waals surface area contributed by atoms with Crippen LogP contribution in [-0.4, -0.2) is 25.7 Å². The molecule has 6 nitrogen and oxygen atoms in total. The summed E-state index contributed by atoms with van der Waals surface area (Å²) in [7, 11) is 0. The number of aromatic amines is 1. The van der Waals surface area contributed by atoms with E-state index in [1.165, 1.54) is 5.57 Å². The summed E-state index contributed by atoms with van der Waals surface area (Å²) in [6.45, 7) is 0.674. The number of anilines is 1. The van der Waals surface area contributed by atoms with Crippen molar-refractivity contribution >= 4 is 38.6 Å². The molecule has 0 bridgehead atoms. The maximum absolute atomic E-state index is 12.5. The summed E-state index contributed by atoms with van der Waals surface area (Å²) < 4.78 is 2.64. The van der Waals surface area contributed by atoms with Gasteiger partial charge in [0.25, 0.3) is 5.91 Å². The summed E-state index contributed by atoms with van der Waals surface area (Å²) in [5.41, 5.74) is 3.16. The number of rotatable bonds is 4. The molecule has 0 saturated carbocycles. The SMILES string of the molecule is O=C(Nc1c[nH]c2ncc(Br)cc12)c1cnn(CC2=CCCC=C2)c1. The van der Waals surface area contributed by atoms with Gasteiger partial charge in [-0.25, -0.2) is 4.98 Å². The minimum atomic E-state index is -0.194. The van der Waals surface area contributed by atoms with E-state index >= 15 is 0 Å². The number of fused-ring (bicyclic) bond motifs is 1. The number of amides is 1. The van der Waals surface area contributed by atoms with Crippen molar-refractivity contribution in [1.82, 2.24) is 19.7 Å². The van der Waals surface area contributed by atoms with E-state index in [1.807, 2.05) is 6.07 Å². The molecule has 2 N–H and O–H groups in total. The number of nitrogens with one attached hydrogen (secondary N) is 2. The average Bonchev–Trinajstić information content (AvgIpc) is 3.23. The van der Waals surface area contributed by atoms with Gasteiger partial charge in [-0.15, -0.1) is 0 Å². The van der Waals surface area contributed by atoms with E-state index in [0.717, 1.165) is 28.3 Å². The summed E-state index contributed by atoms with van der Waals surface area (Å²) in [5.74, 6) is -0.194. The molecule has 0 radical (unpaired) electrons. The zero-order chi connectivity index (χ0) is 17.2. The normalized spacial score (nSPS) is 13.9. The molecular formula is C18H16BrN5O. The molecule has 0 saturated heterocycles. The number of hydrogen-bond donors (Lipinski definition) is 2.